The maximum absolute atomic E-state index is 10.4. The monoisotopic (exact) mass is 378 g/mol. The summed E-state index contributed by atoms with van der Waals surface area (Å²) < 4.78 is 0. The highest BCUT2D eigenvalue weighted by molar-refractivity contribution is 5.92. The van der Waals surface area contributed by atoms with E-state index in [-0.39, 0.29) is 5.41 Å². The first-order valence-corrected chi connectivity index (χ1v) is 9.59. The summed E-state index contributed by atoms with van der Waals surface area (Å²) in [6.07, 6.45) is 5.00. The van der Waals surface area contributed by atoms with Gasteiger partial charge in [0.05, 0.1) is 0 Å². The number of aliphatic hydroxyl groups excluding tert-OH is 2. The quantitative estimate of drug-likeness (QED) is 0.586. The number of rotatable bonds is 5. The van der Waals surface area contributed by atoms with E-state index in [4.69, 9.17) is 0 Å². The third kappa shape index (κ3) is 3.71. The van der Waals surface area contributed by atoms with Gasteiger partial charge in [-0.3, -0.25) is 0 Å². The molecule has 0 spiro atoms. The van der Waals surface area contributed by atoms with Crippen LogP contribution >= 0.6 is 0 Å². The van der Waals surface area contributed by atoms with Crippen molar-refractivity contribution in [2.75, 3.05) is 0 Å². The highest BCUT2D eigenvalue weighted by atomic mass is 16.3. The Morgan fingerprint density at radius 2 is 1.96 bits per heavy atom. The lowest BCUT2D eigenvalue weighted by Gasteiger charge is -2.20. The Morgan fingerprint density at radius 1 is 1.25 bits per heavy atom. The number of aromatic nitrogens is 1. The summed E-state index contributed by atoms with van der Waals surface area (Å²) in [6.45, 7) is 16.1. The molecule has 0 amide bonds. The lowest BCUT2D eigenvalue weighted by Crippen LogP contribution is -2.20. The lowest BCUT2D eigenvalue weighted by molar-refractivity contribution is 0.190. The molecular weight excluding hydrogens is 348 g/mol. The molecule has 1 aliphatic heterocycles. The average Bonchev–Trinajstić information content (AvgIpc) is 3.12. The van der Waals surface area contributed by atoms with E-state index in [1.54, 1.807) is 0 Å². The lowest BCUT2D eigenvalue weighted by atomic mass is 9.86. The largest absolute Gasteiger partial charge is 0.382 e. The Morgan fingerprint density at radius 3 is 2.54 bits per heavy atom. The summed E-state index contributed by atoms with van der Waals surface area (Å²) in [6, 6.07) is 6.39. The van der Waals surface area contributed by atoms with Crippen LogP contribution in [0.25, 0.3) is 17.0 Å². The van der Waals surface area contributed by atoms with Gasteiger partial charge in [0, 0.05) is 38.8 Å². The van der Waals surface area contributed by atoms with Crippen LogP contribution in [0.3, 0.4) is 0 Å². The Kier molecular flexibility index (Phi) is 5.37. The second kappa shape index (κ2) is 7.46. The van der Waals surface area contributed by atoms with Crippen molar-refractivity contribution in [3.63, 3.8) is 0 Å². The Balaban J connectivity index is 2.22. The average molecular weight is 379 g/mol. The molecule has 4 heteroatoms. The molecule has 0 bridgehead atoms. The van der Waals surface area contributed by atoms with Crippen LogP contribution in [0.1, 0.15) is 44.5 Å². The number of allylic oxidation sites excluding steroid dienone is 3. The van der Waals surface area contributed by atoms with Crippen molar-refractivity contribution in [3.8, 4) is 0 Å². The van der Waals surface area contributed by atoms with Crippen LogP contribution in [0, 0.1) is 0 Å². The predicted octanol–water partition coefficient (Wildman–Crippen LogP) is 4.32. The standard InChI is InChI=1S/C24H30N2O2/c1-7-24(5,6)22-18(13-19-21(27)15(4)25-23(19)28)17-12-16(9-8-14(2)3)10-11-20(17)26-22/h7-8,10-13,21,23,25-28H,1,4,9H2,2-3,5-6H3. The van der Waals surface area contributed by atoms with Gasteiger partial charge in [-0.15, -0.1) is 6.58 Å². The highest BCUT2D eigenvalue weighted by Crippen LogP contribution is 2.36. The normalized spacial score (nSPS) is 21.2. The number of fused-ring (bicyclic) bond motifs is 1. The first-order chi connectivity index (χ1) is 13.1. The van der Waals surface area contributed by atoms with Crippen molar-refractivity contribution >= 4 is 17.0 Å². The van der Waals surface area contributed by atoms with Gasteiger partial charge in [-0.25, -0.2) is 0 Å². The number of hydrogen-bond donors (Lipinski definition) is 4. The van der Waals surface area contributed by atoms with Crippen LogP contribution in [-0.2, 0) is 11.8 Å². The van der Waals surface area contributed by atoms with Crippen LogP contribution in [0.15, 0.2) is 60.4 Å². The first-order valence-electron chi connectivity index (χ1n) is 9.59. The van der Waals surface area contributed by atoms with Crippen LogP contribution < -0.4 is 5.32 Å². The SMILES string of the molecule is C=CC(C)(C)c1[nH]c2ccc(CC=C(C)C)cc2c1C=C1C(O)NC(=C)C1O. The van der Waals surface area contributed by atoms with Crippen molar-refractivity contribution in [2.45, 2.75) is 51.9 Å². The van der Waals surface area contributed by atoms with Crippen LogP contribution in [-0.4, -0.2) is 27.5 Å². The summed E-state index contributed by atoms with van der Waals surface area (Å²) in [7, 11) is 0. The minimum absolute atomic E-state index is 0.301. The summed E-state index contributed by atoms with van der Waals surface area (Å²) in [5.74, 6) is 0. The molecule has 28 heavy (non-hydrogen) atoms. The van der Waals surface area contributed by atoms with Crippen molar-refractivity contribution in [3.05, 3.63) is 77.2 Å². The molecule has 0 aliphatic carbocycles. The maximum Gasteiger partial charge on any atom is 0.149 e. The molecule has 1 aromatic heterocycles. The second-order valence-electron chi connectivity index (χ2n) is 8.32. The topological polar surface area (TPSA) is 68.3 Å². The van der Waals surface area contributed by atoms with Crippen molar-refractivity contribution in [1.29, 1.82) is 0 Å². The molecule has 0 saturated carbocycles. The van der Waals surface area contributed by atoms with Crippen molar-refractivity contribution in [2.24, 2.45) is 0 Å². The highest BCUT2D eigenvalue weighted by Gasteiger charge is 2.31. The van der Waals surface area contributed by atoms with E-state index < -0.39 is 12.3 Å². The molecule has 1 aromatic carbocycles. The fourth-order valence-electron chi connectivity index (χ4n) is 3.48. The van der Waals surface area contributed by atoms with Gasteiger partial charge < -0.3 is 20.5 Å². The van der Waals surface area contributed by atoms with E-state index in [0.717, 1.165) is 28.6 Å². The van der Waals surface area contributed by atoms with Gasteiger partial charge in [-0.2, -0.15) is 0 Å². The molecule has 1 aliphatic rings. The van der Waals surface area contributed by atoms with E-state index in [1.807, 2.05) is 12.2 Å². The van der Waals surface area contributed by atoms with E-state index in [0.29, 0.717) is 11.3 Å². The number of aliphatic hydroxyl groups is 2. The minimum Gasteiger partial charge on any atom is -0.382 e. The van der Waals surface area contributed by atoms with Gasteiger partial charge in [-0.1, -0.05) is 44.2 Å². The Hall–Kier alpha value is -2.56. The smallest absolute Gasteiger partial charge is 0.149 e. The zero-order valence-electron chi connectivity index (χ0n) is 17.1. The second-order valence-corrected chi connectivity index (χ2v) is 8.32. The number of aromatic amines is 1. The van der Waals surface area contributed by atoms with Gasteiger partial charge in [0.15, 0.2) is 0 Å². The molecular formula is C24H30N2O2. The number of hydrogen-bond acceptors (Lipinski definition) is 3. The summed E-state index contributed by atoms with van der Waals surface area (Å²) in [5, 5.41) is 24.6. The Labute approximate surface area is 167 Å². The minimum atomic E-state index is -0.944. The molecule has 1 fully saturated rings. The van der Waals surface area contributed by atoms with Gasteiger partial charge in [0.1, 0.15) is 12.3 Å². The van der Waals surface area contributed by atoms with Gasteiger partial charge >= 0.3 is 0 Å². The molecule has 4 nitrogen and oxygen atoms in total. The van der Waals surface area contributed by atoms with Gasteiger partial charge in [0.2, 0.25) is 0 Å². The van der Waals surface area contributed by atoms with Crippen molar-refractivity contribution < 1.29 is 10.2 Å². The third-order valence-electron chi connectivity index (χ3n) is 5.40. The number of nitrogens with one attached hydrogen (secondary N) is 2. The van der Waals surface area contributed by atoms with Gasteiger partial charge in [-0.05, 0) is 44.0 Å². The fourth-order valence-corrected chi connectivity index (χ4v) is 3.48. The molecule has 2 aromatic rings. The molecule has 3 rings (SSSR count). The predicted molar refractivity (Wildman–Crippen MR) is 117 cm³/mol. The molecule has 2 atom stereocenters. The molecule has 2 unspecified atom stereocenters. The molecule has 4 N–H and O–H groups in total. The van der Waals surface area contributed by atoms with Crippen molar-refractivity contribution in [1.82, 2.24) is 10.3 Å². The molecule has 0 radical (unpaired) electrons. The first kappa shape index (κ1) is 20.2. The van der Waals surface area contributed by atoms with Crippen LogP contribution in [0.4, 0.5) is 0 Å². The number of H-pyrrole nitrogens is 1. The summed E-state index contributed by atoms with van der Waals surface area (Å²) in [5.41, 5.74) is 6.09. The van der Waals surface area contributed by atoms with E-state index in [2.05, 4.69) is 75.4 Å². The Bertz CT molecular complexity index is 987. The third-order valence-corrected chi connectivity index (χ3v) is 5.40. The van der Waals surface area contributed by atoms with Crippen LogP contribution in [0.2, 0.25) is 0 Å². The molecule has 2 heterocycles. The zero-order valence-corrected chi connectivity index (χ0v) is 17.1. The maximum atomic E-state index is 10.4. The van der Waals surface area contributed by atoms with E-state index >= 15 is 0 Å². The van der Waals surface area contributed by atoms with E-state index in [1.165, 1.54) is 11.1 Å². The number of benzene rings is 1. The van der Waals surface area contributed by atoms with E-state index in [9.17, 15) is 10.2 Å². The summed E-state index contributed by atoms with van der Waals surface area (Å²) >= 11 is 0. The van der Waals surface area contributed by atoms with Crippen LogP contribution in [0.5, 0.6) is 0 Å². The van der Waals surface area contributed by atoms with Gasteiger partial charge in [0.25, 0.3) is 0 Å². The zero-order chi connectivity index (χ0) is 20.6. The fraction of sp³-hybridized carbons (Fsp3) is 0.333. The summed E-state index contributed by atoms with van der Waals surface area (Å²) in [4.78, 5) is 3.52. The molecule has 1 saturated heterocycles. The molecule has 148 valence electrons.